The van der Waals surface area contributed by atoms with Crippen molar-refractivity contribution in [2.24, 2.45) is 0 Å². The molecule has 9 nitrogen and oxygen atoms in total. The van der Waals surface area contributed by atoms with E-state index in [0.29, 0.717) is 5.95 Å². The Labute approximate surface area is 193 Å². The predicted molar refractivity (Wildman–Crippen MR) is 129 cm³/mol. The molecule has 3 heterocycles. The third kappa shape index (κ3) is 4.78. The summed E-state index contributed by atoms with van der Waals surface area (Å²) in [5.41, 5.74) is 2.87. The SMILES string of the molecule is C=CC(=O)N1CCN(CCn2cc(-c3cc(OC)cc(OC)c3)c3cnc(NC)nc32)CC1. The molecule has 1 amide bonds. The highest BCUT2D eigenvalue weighted by molar-refractivity contribution is 5.94. The van der Waals surface area contributed by atoms with Crippen LogP contribution in [0.2, 0.25) is 0 Å². The number of anilines is 1. The van der Waals surface area contributed by atoms with Crippen molar-refractivity contribution in [3.05, 3.63) is 43.2 Å². The molecular formula is C24H30N6O3. The van der Waals surface area contributed by atoms with Crippen LogP contribution in [-0.2, 0) is 11.3 Å². The molecule has 1 aliphatic heterocycles. The smallest absolute Gasteiger partial charge is 0.246 e. The summed E-state index contributed by atoms with van der Waals surface area (Å²) in [4.78, 5) is 25.2. The molecule has 1 aromatic carbocycles. The van der Waals surface area contributed by atoms with Crippen LogP contribution in [0.5, 0.6) is 11.5 Å². The first kappa shape index (κ1) is 22.6. The Kier molecular flexibility index (Phi) is 6.79. The van der Waals surface area contributed by atoms with Crippen LogP contribution in [0.4, 0.5) is 5.95 Å². The summed E-state index contributed by atoms with van der Waals surface area (Å²) >= 11 is 0. The molecule has 174 valence electrons. The van der Waals surface area contributed by atoms with Gasteiger partial charge in [0.25, 0.3) is 0 Å². The summed E-state index contributed by atoms with van der Waals surface area (Å²) in [6.07, 6.45) is 5.35. The van der Waals surface area contributed by atoms with Crippen LogP contribution in [0.1, 0.15) is 0 Å². The van der Waals surface area contributed by atoms with Crippen molar-refractivity contribution in [1.29, 1.82) is 0 Å². The van der Waals surface area contributed by atoms with Crippen molar-refractivity contribution in [2.45, 2.75) is 6.54 Å². The van der Waals surface area contributed by atoms with E-state index in [2.05, 4.69) is 32.5 Å². The predicted octanol–water partition coefficient (Wildman–Crippen LogP) is 2.49. The first-order chi connectivity index (χ1) is 16.1. The van der Waals surface area contributed by atoms with Crippen molar-refractivity contribution < 1.29 is 14.3 Å². The summed E-state index contributed by atoms with van der Waals surface area (Å²) < 4.78 is 13.1. The number of carbonyl (C=O) groups is 1. The lowest BCUT2D eigenvalue weighted by molar-refractivity contribution is -0.127. The van der Waals surface area contributed by atoms with E-state index < -0.39 is 0 Å². The Morgan fingerprint density at radius 3 is 2.42 bits per heavy atom. The molecule has 33 heavy (non-hydrogen) atoms. The van der Waals surface area contributed by atoms with Crippen LogP contribution in [-0.4, -0.2) is 84.2 Å². The Balaban J connectivity index is 1.61. The molecule has 1 N–H and O–H groups in total. The molecule has 4 rings (SSSR count). The second-order valence-electron chi connectivity index (χ2n) is 7.89. The molecule has 1 saturated heterocycles. The lowest BCUT2D eigenvalue weighted by Gasteiger charge is -2.34. The minimum absolute atomic E-state index is 0.000655. The maximum Gasteiger partial charge on any atom is 0.246 e. The van der Waals surface area contributed by atoms with Crippen LogP contribution in [0.15, 0.2) is 43.2 Å². The third-order valence-corrected chi connectivity index (χ3v) is 6.02. The maximum absolute atomic E-state index is 11.8. The Hall–Kier alpha value is -3.59. The zero-order valence-electron chi connectivity index (χ0n) is 19.4. The molecule has 0 unspecified atom stereocenters. The zero-order chi connectivity index (χ0) is 23.4. The first-order valence-corrected chi connectivity index (χ1v) is 11.0. The van der Waals surface area contributed by atoms with Crippen LogP contribution in [0.3, 0.4) is 0 Å². The van der Waals surface area contributed by atoms with Gasteiger partial charge in [-0.05, 0) is 23.8 Å². The van der Waals surface area contributed by atoms with Crippen LogP contribution in [0.25, 0.3) is 22.2 Å². The highest BCUT2D eigenvalue weighted by Gasteiger charge is 2.20. The van der Waals surface area contributed by atoms with Crippen molar-refractivity contribution >= 4 is 22.9 Å². The summed E-state index contributed by atoms with van der Waals surface area (Å²) in [5, 5.41) is 3.99. The quantitative estimate of drug-likeness (QED) is 0.528. The third-order valence-electron chi connectivity index (χ3n) is 6.02. The molecule has 0 bridgehead atoms. The molecular weight excluding hydrogens is 420 g/mol. The van der Waals surface area contributed by atoms with Gasteiger partial charge >= 0.3 is 0 Å². The number of rotatable bonds is 8. The summed E-state index contributed by atoms with van der Waals surface area (Å²) in [6, 6.07) is 5.84. The van der Waals surface area contributed by atoms with Crippen LogP contribution >= 0.6 is 0 Å². The molecule has 0 radical (unpaired) electrons. The van der Waals surface area contributed by atoms with Gasteiger partial charge < -0.3 is 24.3 Å². The molecule has 0 atom stereocenters. The fraction of sp³-hybridized carbons (Fsp3) is 0.375. The largest absolute Gasteiger partial charge is 0.497 e. The van der Waals surface area contributed by atoms with Gasteiger partial charge in [0, 0.05) is 75.7 Å². The monoisotopic (exact) mass is 450 g/mol. The number of carbonyl (C=O) groups excluding carboxylic acids is 1. The van der Waals surface area contributed by atoms with Crippen molar-refractivity contribution in [3.8, 4) is 22.6 Å². The van der Waals surface area contributed by atoms with Gasteiger partial charge in [0.15, 0.2) is 0 Å². The highest BCUT2D eigenvalue weighted by atomic mass is 16.5. The molecule has 0 spiro atoms. The van der Waals surface area contributed by atoms with Gasteiger partial charge in [-0.15, -0.1) is 0 Å². The highest BCUT2D eigenvalue weighted by Crippen LogP contribution is 2.35. The molecule has 1 fully saturated rings. The fourth-order valence-electron chi connectivity index (χ4n) is 4.12. The van der Waals surface area contributed by atoms with Gasteiger partial charge in [-0.1, -0.05) is 6.58 Å². The van der Waals surface area contributed by atoms with Gasteiger partial charge in [-0.25, -0.2) is 4.98 Å². The minimum Gasteiger partial charge on any atom is -0.497 e. The van der Waals surface area contributed by atoms with Gasteiger partial charge in [0.2, 0.25) is 11.9 Å². The minimum atomic E-state index is 0.000655. The fourth-order valence-corrected chi connectivity index (χ4v) is 4.12. The molecule has 2 aromatic heterocycles. The van der Waals surface area contributed by atoms with Crippen molar-refractivity contribution in [1.82, 2.24) is 24.3 Å². The van der Waals surface area contributed by atoms with E-state index in [4.69, 9.17) is 14.5 Å². The van der Waals surface area contributed by atoms with Crippen LogP contribution in [0, 0.1) is 0 Å². The normalized spacial score (nSPS) is 14.3. The van der Waals surface area contributed by atoms with E-state index in [1.165, 1.54) is 6.08 Å². The summed E-state index contributed by atoms with van der Waals surface area (Å²) in [5.74, 6) is 2.03. The van der Waals surface area contributed by atoms with Gasteiger partial charge in [-0.3, -0.25) is 9.69 Å². The van der Waals surface area contributed by atoms with E-state index >= 15 is 0 Å². The Morgan fingerprint density at radius 2 is 1.82 bits per heavy atom. The number of fused-ring (bicyclic) bond motifs is 1. The van der Waals surface area contributed by atoms with E-state index in [0.717, 1.165) is 72.9 Å². The van der Waals surface area contributed by atoms with E-state index in [1.807, 2.05) is 36.3 Å². The van der Waals surface area contributed by atoms with Crippen molar-refractivity contribution in [3.63, 3.8) is 0 Å². The number of hydrogen-bond acceptors (Lipinski definition) is 7. The topological polar surface area (TPSA) is 84.8 Å². The number of ether oxygens (including phenoxy) is 2. The molecule has 9 heteroatoms. The number of nitrogens with one attached hydrogen (secondary N) is 1. The standard InChI is InChI=1S/C24H30N6O3/c1-5-22(31)29-9-6-28(7-10-29)8-11-30-16-21(20-15-26-24(25-2)27-23(20)30)17-12-18(32-3)14-19(13-17)33-4/h5,12-16H,1,6-11H2,2-4H3,(H,25,26,27). The first-order valence-electron chi connectivity index (χ1n) is 11.0. The molecule has 0 saturated carbocycles. The number of piperazine rings is 1. The number of aromatic nitrogens is 3. The number of nitrogens with zero attached hydrogens (tertiary/aromatic N) is 5. The van der Waals surface area contributed by atoms with Gasteiger partial charge in [0.05, 0.1) is 14.2 Å². The second-order valence-corrected chi connectivity index (χ2v) is 7.89. The molecule has 0 aliphatic carbocycles. The van der Waals surface area contributed by atoms with E-state index in [-0.39, 0.29) is 5.91 Å². The lowest BCUT2D eigenvalue weighted by atomic mass is 10.1. The summed E-state index contributed by atoms with van der Waals surface area (Å²) in [7, 11) is 5.10. The Bertz CT molecular complexity index is 1130. The van der Waals surface area contributed by atoms with Crippen molar-refractivity contribution in [2.75, 3.05) is 59.3 Å². The van der Waals surface area contributed by atoms with E-state index in [1.54, 1.807) is 14.2 Å². The Morgan fingerprint density at radius 1 is 1.12 bits per heavy atom. The average Bonchev–Trinajstić information content (AvgIpc) is 3.24. The van der Waals surface area contributed by atoms with Crippen LogP contribution < -0.4 is 14.8 Å². The molecule has 3 aromatic rings. The summed E-state index contributed by atoms with van der Waals surface area (Å²) in [6.45, 7) is 8.34. The van der Waals surface area contributed by atoms with Gasteiger partial charge in [0.1, 0.15) is 17.1 Å². The number of amides is 1. The lowest BCUT2D eigenvalue weighted by Crippen LogP contribution is -2.48. The maximum atomic E-state index is 11.8. The number of benzene rings is 1. The number of methoxy groups -OCH3 is 2. The zero-order valence-corrected chi connectivity index (χ0v) is 19.4. The average molecular weight is 451 g/mol. The molecule has 1 aliphatic rings. The van der Waals surface area contributed by atoms with E-state index in [9.17, 15) is 4.79 Å². The second kappa shape index (κ2) is 9.91. The van der Waals surface area contributed by atoms with Gasteiger partial charge in [-0.2, -0.15) is 4.98 Å². The number of hydrogen-bond donors (Lipinski definition) is 1.